The van der Waals surface area contributed by atoms with Gasteiger partial charge in [0.1, 0.15) is 5.75 Å². The van der Waals surface area contributed by atoms with E-state index in [-0.39, 0.29) is 11.3 Å². The quantitative estimate of drug-likeness (QED) is 0.673. The fraction of sp³-hybridized carbons (Fsp3) is 0.250. The Morgan fingerprint density at radius 1 is 1.50 bits per heavy atom. The summed E-state index contributed by atoms with van der Waals surface area (Å²) in [5, 5.41) is 18.2. The van der Waals surface area contributed by atoms with Crippen molar-refractivity contribution in [3.05, 3.63) is 34.9 Å². The first-order valence-corrected chi connectivity index (χ1v) is 4.98. The summed E-state index contributed by atoms with van der Waals surface area (Å²) in [5.41, 5.74) is 7.22. The normalized spacial score (nSPS) is 11.5. The van der Waals surface area contributed by atoms with Crippen molar-refractivity contribution < 1.29 is 15.0 Å². The average Bonchev–Trinajstić information content (AvgIpc) is 2.20. The summed E-state index contributed by atoms with van der Waals surface area (Å²) in [6, 6.07) is 4.80. The number of carboxylic acids is 1. The molecule has 0 amide bonds. The van der Waals surface area contributed by atoms with Crippen molar-refractivity contribution in [2.75, 3.05) is 6.54 Å². The molecule has 0 spiro atoms. The largest absolute Gasteiger partial charge is 0.508 e. The van der Waals surface area contributed by atoms with E-state index < -0.39 is 5.97 Å². The minimum Gasteiger partial charge on any atom is -0.508 e. The molecule has 0 unspecified atom stereocenters. The maximum atomic E-state index is 10.9. The van der Waals surface area contributed by atoms with Gasteiger partial charge < -0.3 is 15.9 Å². The minimum absolute atomic E-state index is 0.172. The number of carboxylic acid groups (broad SMARTS) is 1. The summed E-state index contributed by atoms with van der Waals surface area (Å²) < 4.78 is 0. The Balaban J connectivity index is 3.07. The van der Waals surface area contributed by atoms with Gasteiger partial charge in [-0.15, -0.1) is 0 Å². The minimum atomic E-state index is -0.960. The molecule has 0 saturated heterocycles. The van der Waals surface area contributed by atoms with E-state index in [1.54, 1.807) is 18.2 Å². The highest BCUT2D eigenvalue weighted by Gasteiger charge is 2.07. The van der Waals surface area contributed by atoms with Crippen LogP contribution in [0, 0.1) is 6.92 Å². The molecule has 0 aliphatic heterocycles. The smallest absolute Gasteiger partial charge is 0.331 e. The predicted octanol–water partition coefficient (Wildman–Crippen LogP) is 1.52. The molecule has 0 aromatic heterocycles. The van der Waals surface area contributed by atoms with Gasteiger partial charge >= 0.3 is 5.97 Å². The number of aromatic hydroxyl groups is 1. The number of nitrogens with two attached hydrogens (primary N) is 1. The number of carbonyl (C=O) groups is 1. The first-order valence-electron chi connectivity index (χ1n) is 4.98. The Morgan fingerprint density at radius 2 is 2.19 bits per heavy atom. The van der Waals surface area contributed by atoms with Crippen molar-refractivity contribution in [1.82, 2.24) is 0 Å². The Morgan fingerprint density at radius 3 is 2.69 bits per heavy atom. The van der Waals surface area contributed by atoms with Crippen molar-refractivity contribution in [3.63, 3.8) is 0 Å². The van der Waals surface area contributed by atoms with Gasteiger partial charge in [-0.2, -0.15) is 0 Å². The summed E-state index contributed by atoms with van der Waals surface area (Å²) in [6.45, 7) is 2.11. The van der Waals surface area contributed by atoms with Crippen LogP contribution in [0.3, 0.4) is 0 Å². The number of rotatable bonds is 4. The van der Waals surface area contributed by atoms with Gasteiger partial charge in [0.05, 0.1) is 0 Å². The second-order valence-corrected chi connectivity index (χ2v) is 3.55. The van der Waals surface area contributed by atoms with E-state index in [0.717, 1.165) is 11.1 Å². The van der Waals surface area contributed by atoms with Crippen LogP contribution in [0.5, 0.6) is 5.75 Å². The molecule has 0 atom stereocenters. The highest BCUT2D eigenvalue weighted by Crippen LogP contribution is 2.19. The van der Waals surface area contributed by atoms with Crippen LogP contribution in [0.4, 0.5) is 0 Å². The standard InChI is InChI=1S/C12H15NO3/c1-8-6-11(14)3-2-9(8)7-10(4-5-13)12(15)16/h2-3,6-7,14H,4-5,13H2,1H3,(H,15,16). The number of phenols is 1. The third-order valence-electron chi connectivity index (χ3n) is 2.27. The van der Waals surface area contributed by atoms with Gasteiger partial charge in [0.2, 0.25) is 0 Å². The molecule has 4 nitrogen and oxygen atoms in total. The molecule has 0 heterocycles. The van der Waals surface area contributed by atoms with Crippen molar-refractivity contribution in [2.24, 2.45) is 5.73 Å². The van der Waals surface area contributed by atoms with E-state index in [9.17, 15) is 9.90 Å². The molecule has 0 aliphatic rings. The monoisotopic (exact) mass is 221 g/mol. The zero-order chi connectivity index (χ0) is 12.1. The third kappa shape index (κ3) is 3.10. The van der Waals surface area contributed by atoms with Crippen LogP contribution >= 0.6 is 0 Å². The molecule has 0 radical (unpaired) electrons. The summed E-state index contributed by atoms with van der Waals surface area (Å²) in [7, 11) is 0. The number of phenolic OH excluding ortho intramolecular Hbond substituents is 1. The molecule has 16 heavy (non-hydrogen) atoms. The molecule has 1 aromatic carbocycles. The lowest BCUT2D eigenvalue weighted by atomic mass is 10.0. The van der Waals surface area contributed by atoms with Crippen LogP contribution < -0.4 is 5.73 Å². The molecule has 1 aromatic rings. The number of hydrogen-bond donors (Lipinski definition) is 3. The van der Waals surface area contributed by atoms with Gasteiger partial charge in [0.25, 0.3) is 0 Å². The van der Waals surface area contributed by atoms with E-state index >= 15 is 0 Å². The highest BCUT2D eigenvalue weighted by molar-refractivity contribution is 5.92. The molecule has 4 N–H and O–H groups in total. The van der Waals surface area contributed by atoms with Crippen LogP contribution in [-0.2, 0) is 4.79 Å². The van der Waals surface area contributed by atoms with E-state index in [1.165, 1.54) is 6.07 Å². The maximum absolute atomic E-state index is 10.9. The van der Waals surface area contributed by atoms with E-state index in [1.807, 2.05) is 6.92 Å². The van der Waals surface area contributed by atoms with Crippen molar-refractivity contribution in [2.45, 2.75) is 13.3 Å². The topological polar surface area (TPSA) is 83.5 Å². The molecule has 0 bridgehead atoms. The Kier molecular flexibility index (Phi) is 4.08. The average molecular weight is 221 g/mol. The van der Waals surface area contributed by atoms with Crippen LogP contribution in [0.15, 0.2) is 23.8 Å². The van der Waals surface area contributed by atoms with Crippen molar-refractivity contribution >= 4 is 12.0 Å². The second kappa shape index (κ2) is 5.32. The van der Waals surface area contributed by atoms with Gasteiger partial charge in [-0.1, -0.05) is 6.07 Å². The van der Waals surface area contributed by atoms with E-state index in [0.29, 0.717) is 13.0 Å². The number of aliphatic carboxylic acids is 1. The van der Waals surface area contributed by atoms with Gasteiger partial charge in [-0.05, 0) is 49.2 Å². The molecule has 1 rings (SSSR count). The lowest BCUT2D eigenvalue weighted by Crippen LogP contribution is -2.07. The maximum Gasteiger partial charge on any atom is 0.331 e. The fourth-order valence-corrected chi connectivity index (χ4v) is 1.41. The van der Waals surface area contributed by atoms with Gasteiger partial charge in [-0.25, -0.2) is 4.79 Å². The van der Waals surface area contributed by atoms with Gasteiger partial charge in [-0.3, -0.25) is 0 Å². The summed E-state index contributed by atoms with van der Waals surface area (Å²) >= 11 is 0. The first kappa shape index (κ1) is 12.3. The first-order chi connectivity index (χ1) is 7.54. The molecule has 0 saturated carbocycles. The third-order valence-corrected chi connectivity index (χ3v) is 2.27. The van der Waals surface area contributed by atoms with Crippen LogP contribution in [-0.4, -0.2) is 22.7 Å². The molecular weight excluding hydrogens is 206 g/mol. The van der Waals surface area contributed by atoms with Crippen LogP contribution in [0.2, 0.25) is 0 Å². The molecule has 0 fully saturated rings. The number of hydrogen-bond acceptors (Lipinski definition) is 3. The zero-order valence-electron chi connectivity index (χ0n) is 9.10. The molecule has 0 aliphatic carbocycles. The SMILES string of the molecule is Cc1cc(O)ccc1C=C(CCN)C(=O)O. The molecule has 4 heteroatoms. The van der Waals surface area contributed by atoms with Gasteiger partial charge in [0.15, 0.2) is 0 Å². The second-order valence-electron chi connectivity index (χ2n) is 3.55. The summed E-state index contributed by atoms with van der Waals surface area (Å²) in [6.07, 6.45) is 1.92. The number of benzene rings is 1. The molecular formula is C12H15NO3. The Hall–Kier alpha value is -1.81. The zero-order valence-corrected chi connectivity index (χ0v) is 9.10. The lowest BCUT2D eigenvalue weighted by molar-refractivity contribution is -0.132. The highest BCUT2D eigenvalue weighted by atomic mass is 16.4. The van der Waals surface area contributed by atoms with Gasteiger partial charge in [0, 0.05) is 5.57 Å². The van der Waals surface area contributed by atoms with E-state index in [4.69, 9.17) is 10.8 Å². The fourth-order valence-electron chi connectivity index (χ4n) is 1.41. The number of aryl methyl sites for hydroxylation is 1. The lowest BCUT2D eigenvalue weighted by Gasteiger charge is -2.04. The van der Waals surface area contributed by atoms with Crippen molar-refractivity contribution in [3.8, 4) is 5.75 Å². The summed E-state index contributed by atoms with van der Waals surface area (Å²) in [4.78, 5) is 10.9. The van der Waals surface area contributed by atoms with Crippen molar-refractivity contribution in [1.29, 1.82) is 0 Å². The summed E-state index contributed by atoms with van der Waals surface area (Å²) in [5.74, 6) is -0.789. The van der Waals surface area contributed by atoms with Crippen LogP contribution in [0.25, 0.3) is 6.08 Å². The predicted molar refractivity (Wildman–Crippen MR) is 62.1 cm³/mol. The Bertz CT molecular complexity index is 424. The molecule has 86 valence electrons. The van der Waals surface area contributed by atoms with Crippen LogP contribution in [0.1, 0.15) is 17.5 Å². The Labute approximate surface area is 94.0 Å². The van der Waals surface area contributed by atoms with E-state index in [2.05, 4.69) is 0 Å².